The van der Waals surface area contributed by atoms with E-state index in [1.807, 2.05) is 36.4 Å². The zero-order chi connectivity index (χ0) is 16.9. The second kappa shape index (κ2) is 7.77. The van der Waals surface area contributed by atoms with Gasteiger partial charge in [-0.15, -0.1) is 0 Å². The molecule has 0 saturated heterocycles. The number of hydrogen-bond acceptors (Lipinski definition) is 5. The molecule has 0 aromatic heterocycles. The third-order valence-corrected chi connectivity index (χ3v) is 4.55. The maximum atomic E-state index is 5.94. The maximum absolute atomic E-state index is 5.94. The summed E-state index contributed by atoms with van der Waals surface area (Å²) in [5.41, 5.74) is 1.09. The second-order valence-electron chi connectivity index (χ2n) is 5.43. The summed E-state index contributed by atoms with van der Waals surface area (Å²) in [6, 6.07) is 11.6. The van der Waals surface area contributed by atoms with Crippen LogP contribution in [0.2, 0.25) is 0 Å². The van der Waals surface area contributed by atoms with Crippen molar-refractivity contribution in [1.82, 2.24) is 5.32 Å². The largest absolute Gasteiger partial charge is 0.493 e. The Morgan fingerprint density at radius 1 is 1.12 bits per heavy atom. The molecule has 1 aliphatic rings. The van der Waals surface area contributed by atoms with E-state index in [1.54, 1.807) is 14.2 Å². The predicted octanol–water partition coefficient (Wildman–Crippen LogP) is 3.40. The number of hydrogen-bond donors (Lipinski definition) is 1. The molecule has 1 atom stereocenters. The number of benzene rings is 2. The molecule has 0 bridgehead atoms. The van der Waals surface area contributed by atoms with Gasteiger partial charge in [0.05, 0.1) is 14.2 Å². The van der Waals surface area contributed by atoms with Crippen molar-refractivity contribution < 1.29 is 18.9 Å². The molecule has 3 rings (SSSR count). The lowest BCUT2D eigenvalue weighted by atomic mass is 10.2. The van der Waals surface area contributed by atoms with E-state index in [0.717, 1.165) is 21.5 Å². The van der Waals surface area contributed by atoms with E-state index in [0.29, 0.717) is 31.2 Å². The Morgan fingerprint density at radius 2 is 1.83 bits per heavy atom. The molecule has 24 heavy (non-hydrogen) atoms. The van der Waals surface area contributed by atoms with Crippen molar-refractivity contribution in [3.63, 3.8) is 0 Å². The van der Waals surface area contributed by atoms with Crippen LogP contribution in [0.4, 0.5) is 0 Å². The van der Waals surface area contributed by atoms with Crippen LogP contribution in [0.15, 0.2) is 40.9 Å². The molecule has 0 amide bonds. The van der Waals surface area contributed by atoms with Crippen LogP contribution in [0.1, 0.15) is 5.56 Å². The predicted molar refractivity (Wildman–Crippen MR) is 95.3 cm³/mol. The molecule has 128 valence electrons. The number of rotatable bonds is 6. The summed E-state index contributed by atoms with van der Waals surface area (Å²) in [7, 11) is 3.26. The Morgan fingerprint density at radius 3 is 2.58 bits per heavy atom. The van der Waals surface area contributed by atoms with Gasteiger partial charge in [0.1, 0.15) is 12.7 Å². The summed E-state index contributed by atoms with van der Waals surface area (Å²) in [6.45, 7) is 1.91. The fourth-order valence-electron chi connectivity index (χ4n) is 2.56. The van der Waals surface area contributed by atoms with E-state index in [9.17, 15) is 0 Å². The highest BCUT2D eigenvalue weighted by Crippen LogP contribution is 2.33. The fraction of sp³-hybridized carbons (Fsp3) is 0.333. The van der Waals surface area contributed by atoms with Gasteiger partial charge in [-0.05, 0) is 29.8 Å². The SMILES string of the molecule is COc1cc(Br)c(CNC[C@@H]2COc3ccccc3O2)cc1OC. The van der Waals surface area contributed by atoms with Crippen molar-refractivity contribution in [2.45, 2.75) is 12.6 Å². The van der Waals surface area contributed by atoms with E-state index in [-0.39, 0.29) is 6.10 Å². The van der Waals surface area contributed by atoms with Gasteiger partial charge in [-0.2, -0.15) is 0 Å². The highest BCUT2D eigenvalue weighted by molar-refractivity contribution is 9.10. The monoisotopic (exact) mass is 393 g/mol. The first-order valence-electron chi connectivity index (χ1n) is 7.71. The lowest BCUT2D eigenvalue weighted by molar-refractivity contribution is 0.0902. The molecular weight excluding hydrogens is 374 g/mol. The van der Waals surface area contributed by atoms with Crippen LogP contribution in [0, 0.1) is 0 Å². The molecule has 0 saturated carbocycles. The Bertz CT molecular complexity index is 707. The van der Waals surface area contributed by atoms with E-state index >= 15 is 0 Å². The lowest BCUT2D eigenvalue weighted by Gasteiger charge is -2.26. The summed E-state index contributed by atoms with van der Waals surface area (Å²) < 4.78 is 23.3. The van der Waals surface area contributed by atoms with Gasteiger partial charge in [0, 0.05) is 17.6 Å². The first-order chi connectivity index (χ1) is 11.7. The minimum Gasteiger partial charge on any atom is -0.493 e. The van der Waals surface area contributed by atoms with Gasteiger partial charge >= 0.3 is 0 Å². The molecule has 0 fully saturated rings. The number of para-hydroxylation sites is 2. The Kier molecular flexibility index (Phi) is 5.48. The molecule has 5 nitrogen and oxygen atoms in total. The van der Waals surface area contributed by atoms with Crippen LogP contribution in [0.3, 0.4) is 0 Å². The van der Waals surface area contributed by atoms with E-state index in [4.69, 9.17) is 18.9 Å². The van der Waals surface area contributed by atoms with Crippen LogP contribution in [0.5, 0.6) is 23.0 Å². The molecule has 0 unspecified atom stereocenters. The third kappa shape index (κ3) is 3.76. The first-order valence-corrected chi connectivity index (χ1v) is 8.50. The smallest absolute Gasteiger partial charge is 0.161 e. The van der Waals surface area contributed by atoms with Gasteiger partial charge in [0.25, 0.3) is 0 Å². The number of methoxy groups -OCH3 is 2. The number of ether oxygens (including phenoxy) is 4. The molecule has 1 heterocycles. The molecule has 2 aromatic rings. The van der Waals surface area contributed by atoms with Gasteiger partial charge in [-0.25, -0.2) is 0 Å². The standard InChI is InChI=1S/C18H20BrNO4/c1-21-17-7-12(14(19)8-18(17)22-2)9-20-10-13-11-23-15-5-3-4-6-16(15)24-13/h3-8,13,20H,9-11H2,1-2H3/t13-/m1/s1. The third-order valence-electron chi connectivity index (χ3n) is 3.81. The van der Waals surface area contributed by atoms with Gasteiger partial charge in [0.2, 0.25) is 0 Å². The Hall–Kier alpha value is -1.92. The van der Waals surface area contributed by atoms with Crippen LogP contribution < -0.4 is 24.3 Å². The molecular formula is C18H20BrNO4. The Balaban J connectivity index is 1.57. The first kappa shape index (κ1) is 16.9. The zero-order valence-electron chi connectivity index (χ0n) is 13.7. The van der Waals surface area contributed by atoms with E-state index < -0.39 is 0 Å². The van der Waals surface area contributed by atoms with Crippen LogP contribution in [-0.4, -0.2) is 33.5 Å². The molecule has 0 spiro atoms. The highest BCUT2D eigenvalue weighted by Gasteiger charge is 2.20. The molecule has 0 aliphatic carbocycles. The zero-order valence-corrected chi connectivity index (χ0v) is 15.3. The average molecular weight is 394 g/mol. The molecule has 1 N–H and O–H groups in total. The summed E-state index contributed by atoms with van der Waals surface area (Å²) >= 11 is 3.57. The van der Waals surface area contributed by atoms with Crippen LogP contribution in [0.25, 0.3) is 0 Å². The number of fused-ring (bicyclic) bond motifs is 1. The quantitative estimate of drug-likeness (QED) is 0.814. The normalized spacial score (nSPS) is 15.9. The maximum Gasteiger partial charge on any atom is 0.161 e. The van der Waals surface area contributed by atoms with Gasteiger partial charge in [-0.3, -0.25) is 0 Å². The van der Waals surface area contributed by atoms with Crippen LogP contribution >= 0.6 is 15.9 Å². The van der Waals surface area contributed by atoms with Crippen molar-refractivity contribution in [2.75, 3.05) is 27.4 Å². The van der Waals surface area contributed by atoms with Crippen molar-refractivity contribution in [1.29, 1.82) is 0 Å². The average Bonchev–Trinajstić information content (AvgIpc) is 2.62. The summed E-state index contributed by atoms with van der Waals surface area (Å²) in [4.78, 5) is 0. The van der Waals surface area contributed by atoms with Gasteiger partial charge in [0.15, 0.2) is 23.0 Å². The molecule has 0 radical (unpaired) electrons. The lowest BCUT2D eigenvalue weighted by Crippen LogP contribution is -2.38. The number of nitrogens with one attached hydrogen (secondary N) is 1. The van der Waals surface area contributed by atoms with Gasteiger partial charge in [-0.1, -0.05) is 28.1 Å². The van der Waals surface area contributed by atoms with Crippen molar-refractivity contribution in [3.05, 3.63) is 46.4 Å². The topological polar surface area (TPSA) is 49.0 Å². The number of halogens is 1. The Labute approximate surface area is 150 Å². The van der Waals surface area contributed by atoms with Gasteiger partial charge < -0.3 is 24.3 Å². The molecule has 2 aromatic carbocycles. The van der Waals surface area contributed by atoms with Crippen molar-refractivity contribution in [2.24, 2.45) is 0 Å². The highest BCUT2D eigenvalue weighted by atomic mass is 79.9. The minimum absolute atomic E-state index is 0.0150. The molecule has 1 aliphatic heterocycles. The summed E-state index contributed by atoms with van der Waals surface area (Å²) in [5.74, 6) is 3.01. The van der Waals surface area contributed by atoms with E-state index in [1.165, 1.54) is 0 Å². The summed E-state index contributed by atoms with van der Waals surface area (Å²) in [6.07, 6.45) is -0.0150. The minimum atomic E-state index is -0.0150. The molecule has 6 heteroatoms. The van der Waals surface area contributed by atoms with Crippen molar-refractivity contribution >= 4 is 15.9 Å². The van der Waals surface area contributed by atoms with Crippen molar-refractivity contribution in [3.8, 4) is 23.0 Å². The van der Waals surface area contributed by atoms with E-state index in [2.05, 4.69) is 21.2 Å². The van der Waals surface area contributed by atoms with Crippen LogP contribution in [-0.2, 0) is 6.54 Å². The summed E-state index contributed by atoms with van der Waals surface area (Å²) in [5, 5.41) is 3.40. The fourth-order valence-corrected chi connectivity index (χ4v) is 3.03. The second-order valence-corrected chi connectivity index (χ2v) is 6.28.